The predicted octanol–water partition coefficient (Wildman–Crippen LogP) is 5.12. The summed E-state index contributed by atoms with van der Waals surface area (Å²) in [5.41, 5.74) is 2.90. The fraction of sp³-hybridized carbons (Fsp3) is 0.259. The molecule has 0 aliphatic heterocycles. The predicted molar refractivity (Wildman–Crippen MR) is 127 cm³/mol. The largest absolute Gasteiger partial charge is 0.497 e. The number of nitrogens with zero attached hydrogens (tertiary/aromatic N) is 1. The number of carbonyl (C=O) groups is 2. The maximum atomic E-state index is 13.1. The molecule has 0 spiro atoms. The highest BCUT2D eigenvalue weighted by molar-refractivity contribution is 5.91. The van der Waals surface area contributed by atoms with Gasteiger partial charge < -0.3 is 19.5 Å². The van der Waals surface area contributed by atoms with Crippen LogP contribution in [0.5, 0.6) is 11.5 Å². The van der Waals surface area contributed by atoms with Gasteiger partial charge in [0.2, 0.25) is 0 Å². The number of carboxylic acids is 1. The summed E-state index contributed by atoms with van der Waals surface area (Å²) in [5.74, 6) is -0.207. The molecule has 0 fully saturated rings. The third-order valence-electron chi connectivity index (χ3n) is 5.35. The van der Waals surface area contributed by atoms with E-state index in [9.17, 15) is 14.7 Å². The van der Waals surface area contributed by atoms with E-state index in [4.69, 9.17) is 9.47 Å². The molecule has 0 saturated carbocycles. The second-order valence-corrected chi connectivity index (χ2v) is 8.09. The third-order valence-corrected chi connectivity index (χ3v) is 5.35. The van der Waals surface area contributed by atoms with E-state index >= 15 is 0 Å². The van der Waals surface area contributed by atoms with E-state index in [1.54, 1.807) is 24.1 Å². The second-order valence-electron chi connectivity index (χ2n) is 8.09. The molecule has 0 heterocycles. The van der Waals surface area contributed by atoms with Gasteiger partial charge in [-0.25, -0.2) is 4.79 Å². The first kappa shape index (κ1) is 23.9. The van der Waals surface area contributed by atoms with Gasteiger partial charge in [0.05, 0.1) is 7.11 Å². The van der Waals surface area contributed by atoms with E-state index in [1.165, 1.54) is 0 Å². The highest BCUT2D eigenvalue weighted by atomic mass is 16.5. The minimum absolute atomic E-state index is 0.0544. The zero-order chi connectivity index (χ0) is 23.8. The number of ether oxygens (including phenoxy) is 2. The Bertz CT molecular complexity index is 1080. The molecule has 0 bridgehead atoms. The van der Waals surface area contributed by atoms with E-state index in [2.05, 4.69) is 0 Å². The Kier molecular flexibility index (Phi) is 8.08. The summed E-state index contributed by atoms with van der Waals surface area (Å²) < 4.78 is 10.9. The first-order valence-electron chi connectivity index (χ1n) is 10.8. The van der Waals surface area contributed by atoms with Gasteiger partial charge in [-0.2, -0.15) is 0 Å². The molecule has 0 atom stereocenters. The molecular weight excluding hydrogens is 418 g/mol. The van der Waals surface area contributed by atoms with Crippen molar-refractivity contribution in [3.8, 4) is 11.5 Å². The first-order valence-corrected chi connectivity index (χ1v) is 10.8. The zero-order valence-electron chi connectivity index (χ0n) is 19.2. The number of methoxy groups -OCH3 is 1. The Morgan fingerprint density at radius 3 is 2.12 bits per heavy atom. The molecule has 6 nitrogen and oxygen atoms in total. The molecule has 0 aromatic heterocycles. The molecular formula is C27H29NO5. The molecule has 1 amide bonds. The minimum atomic E-state index is -1.08. The average molecular weight is 448 g/mol. The maximum Gasteiger partial charge on any atom is 0.339 e. The Hall–Kier alpha value is -3.80. The van der Waals surface area contributed by atoms with Gasteiger partial charge in [0, 0.05) is 13.1 Å². The van der Waals surface area contributed by atoms with Crippen LogP contribution in [0, 0.1) is 0 Å². The van der Waals surface area contributed by atoms with Crippen LogP contribution in [-0.4, -0.2) is 35.6 Å². The summed E-state index contributed by atoms with van der Waals surface area (Å²) in [6.45, 7) is 4.52. The van der Waals surface area contributed by atoms with Gasteiger partial charge in [-0.15, -0.1) is 0 Å². The van der Waals surface area contributed by atoms with E-state index in [0.717, 1.165) is 22.4 Å². The van der Waals surface area contributed by atoms with Crippen molar-refractivity contribution >= 4 is 11.9 Å². The molecule has 0 radical (unpaired) electrons. The maximum absolute atomic E-state index is 13.1. The molecule has 0 saturated heterocycles. The number of hydrogen-bond acceptors (Lipinski definition) is 4. The van der Waals surface area contributed by atoms with Crippen molar-refractivity contribution in [3.63, 3.8) is 0 Å². The van der Waals surface area contributed by atoms with Crippen LogP contribution >= 0.6 is 0 Å². The SMILES string of the molecule is COc1ccc(CN(Cc2ccccc2)C(=O)COc2ccc(C(C)C)cc2C(=O)O)cc1. The van der Waals surface area contributed by atoms with Crippen molar-refractivity contribution in [2.45, 2.75) is 32.9 Å². The standard InChI is InChI=1S/C27H29NO5/c1-19(2)22-11-14-25(24(15-22)27(30)31)33-18-26(29)28(16-20-7-5-4-6-8-20)17-21-9-12-23(32-3)13-10-21/h4-15,19H,16-18H2,1-3H3,(H,30,31). The van der Waals surface area contributed by atoms with Crippen molar-refractivity contribution < 1.29 is 24.2 Å². The number of carbonyl (C=O) groups excluding carboxylic acids is 1. The number of amides is 1. The Morgan fingerprint density at radius 2 is 1.55 bits per heavy atom. The lowest BCUT2D eigenvalue weighted by Gasteiger charge is -2.23. The van der Waals surface area contributed by atoms with E-state index < -0.39 is 5.97 Å². The van der Waals surface area contributed by atoms with Crippen LogP contribution in [-0.2, 0) is 17.9 Å². The molecule has 1 N–H and O–H groups in total. The van der Waals surface area contributed by atoms with Gasteiger partial charge in [0.25, 0.3) is 5.91 Å². The van der Waals surface area contributed by atoms with Crippen LogP contribution < -0.4 is 9.47 Å². The van der Waals surface area contributed by atoms with Gasteiger partial charge in [-0.05, 0) is 46.9 Å². The summed E-state index contributed by atoms with van der Waals surface area (Å²) in [6, 6.07) is 22.3. The second kappa shape index (κ2) is 11.2. The van der Waals surface area contributed by atoms with Crippen molar-refractivity contribution in [2.75, 3.05) is 13.7 Å². The van der Waals surface area contributed by atoms with Gasteiger partial charge in [-0.1, -0.05) is 62.4 Å². The molecule has 3 aromatic rings. The minimum Gasteiger partial charge on any atom is -0.497 e. The zero-order valence-corrected chi connectivity index (χ0v) is 19.2. The fourth-order valence-corrected chi connectivity index (χ4v) is 3.42. The smallest absolute Gasteiger partial charge is 0.339 e. The number of aromatic carboxylic acids is 1. The van der Waals surface area contributed by atoms with Crippen LogP contribution in [0.3, 0.4) is 0 Å². The number of carboxylic acid groups (broad SMARTS) is 1. The van der Waals surface area contributed by atoms with Crippen molar-refractivity contribution in [1.29, 1.82) is 0 Å². The summed E-state index contributed by atoms with van der Waals surface area (Å²) in [5, 5.41) is 9.59. The molecule has 33 heavy (non-hydrogen) atoms. The van der Waals surface area contributed by atoms with Crippen LogP contribution in [0.15, 0.2) is 72.8 Å². The number of rotatable bonds is 10. The van der Waals surface area contributed by atoms with Gasteiger partial charge >= 0.3 is 5.97 Å². The van der Waals surface area contributed by atoms with Crippen molar-refractivity contribution in [2.24, 2.45) is 0 Å². The summed E-state index contributed by atoms with van der Waals surface area (Å²) in [6.07, 6.45) is 0. The first-order chi connectivity index (χ1) is 15.9. The van der Waals surface area contributed by atoms with E-state index in [0.29, 0.717) is 13.1 Å². The molecule has 0 aliphatic carbocycles. The molecule has 3 rings (SSSR count). The summed E-state index contributed by atoms with van der Waals surface area (Å²) >= 11 is 0. The molecule has 6 heteroatoms. The summed E-state index contributed by atoms with van der Waals surface area (Å²) in [4.78, 5) is 26.6. The third kappa shape index (κ3) is 6.59. The fourth-order valence-electron chi connectivity index (χ4n) is 3.42. The number of benzene rings is 3. The number of hydrogen-bond donors (Lipinski definition) is 1. The molecule has 172 valence electrons. The molecule has 3 aromatic carbocycles. The Labute approximate surface area is 194 Å². The van der Waals surface area contributed by atoms with E-state index in [-0.39, 0.29) is 29.7 Å². The van der Waals surface area contributed by atoms with E-state index in [1.807, 2.05) is 74.5 Å². The quantitative estimate of drug-likeness (QED) is 0.467. The lowest BCUT2D eigenvalue weighted by Crippen LogP contribution is -2.34. The topological polar surface area (TPSA) is 76.1 Å². The average Bonchev–Trinajstić information content (AvgIpc) is 2.83. The van der Waals surface area contributed by atoms with Crippen LogP contribution in [0.1, 0.15) is 46.8 Å². The van der Waals surface area contributed by atoms with Crippen molar-refractivity contribution in [3.05, 3.63) is 95.1 Å². The lowest BCUT2D eigenvalue weighted by atomic mass is 10.0. The monoisotopic (exact) mass is 447 g/mol. The molecule has 0 unspecified atom stereocenters. The highest BCUT2D eigenvalue weighted by Crippen LogP contribution is 2.25. The van der Waals surface area contributed by atoms with Gasteiger partial charge in [0.1, 0.15) is 17.1 Å². The Morgan fingerprint density at radius 1 is 0.909 bits per heavy atom. The summed E-state index contributed by atoms with van der Waals surface area (Å²) in [7, 11) is 1.61. The van der Waals surface area contributed by atoms with Crippen LogP contribution in [0.2, 0.25) is 0 Å². The lowest BCUT2D eigenvalue weighted by molar-refractivity contribution is -0.134. The van der Waals surface area contributed by atoms with Crippen LogP contribution in [0.4, 0.5) is 0 Å². The highest BCUT2D eigenvalue weighted by Gasteiger charge is 2.19. The normalized spacial score (nSPS) is 10.7. The van der Waals surface area contributed by atoms with Gasteiger partial charge in [-0.3, -0.25) is 4.79 Å². The van der Waals surface area contributed by atoms with Crippen LogP contribution in [0.25, 0.3) is 0 Å². The molecule has 0 aliphatic rings. The van der Waals surface area contributed by atoms with Gasteiger partial charge in [0.15, 0.2) is 6.61 Å². The Balaban J connectivity index is 1.77. The van der Waals surface area contributed by atoms with Crippen molar-refractivity contribution in [1.82, 2.24) is 4.90 Å².